The van der Waals surface area contributed by atoms with Gasteiger partial charge < -0.3 is 19.9 Å². The van der Waals surface area contributed by atoms with Crippen molar-refractivity contribution in [3.63, 3.8) is 0 Å². The van der Waals surface area contributed by atoms with Gasteiger partial charge in [0.2, 0.25) is 5.91 Å². The molecule has 2 rings (SSSR count). The molecule has 0 unspecified atom stereocenters. The lowest BCUT2D eigenvalue weighted by atomic mass is 9.97. The maximum atomic E-state index is 12.5. The molecule has 0 saturated carbocycles. The molecule has 0 radical (unpaired) electrons. The second-order valence-corrected chi connectivity index (χ2v) is 6.45. The molecule has 1 aromatic heterocycles. The van der Waals surface area contributed by atoms with E-state index in [0.29, 0.717) is 18.8 Å². The van der Waals surface area contributed by atoms with Gasteiger partial charge in [0.25, 0.3) is 5.56 Å². The Morgan fingerprint density at radius 1 is 1.26 bits per heavy atom. The number of aromatic nitrogens is 2. The summed E-state index contributed by atoms with van der Waals surface area (Å²) in [5.74, 6) is 0.107. The fraction of sp³-hybridized carbons (Fsp3) is 0.667. The van der Waals surface area contributed by atoms with Gasteiger partial charge in [0.15, 0.2) is 0 Å². The molecule has 3 N–H and O–H groups in total. The Bertz CT molecular complexity index is 679. The third-order valence-electron chi connectivity index (χ3n) is 4.35. The summed E-state index contributed by atoms with van der Waals surface area (Å²) in [6.07, 6.45) is -0.0508. The Hall–Kier alpha value is -1.93. The molecule has 8 heteroatoms. The highest BCUT2D eigenvalue weighted by molar-refractivity contribution is 5.79. The summed E-state index contributed by atoms with van der Waals surface area (Å²) in [5, 5.41) is 9.51. The number of nitrogens with zero attached hydrogens (tertiary/aromatic N) is 2. The van der Waals surface area contributed by atoms with E-state index in [-0.39, 0.29) is 36.3 Å². The maximum absolute atomic E-state index is 12.5. The minimum Gasteiger partial charge on any atom is -0.396 e. The topological polar surface area (TPSA) is 109 Å². The smallest absolute Gasteiger partial charge is 0.325 e. The standard InChI is InChI=1S/C15H24N4O4/c1-9-12(14(22)17-15(23)16-9)4-13(21)19-6-10(5-18(2)3)11(7-19)8-20/h10-11,20H,4-8H2,1-3H3,(H2,16,17,22,23)/t10-,11-/m1/s1. The van der Waals surface area contributed by atoms with E-state index in [1.165, 1.54) is 0 Å². The van der Waals surface area contributed by atoms with Crippen LogP contribution in [0.3, 0.4) is 0 Å². The van der Waals surface area contributed by atoms with Gasteiger partial charge in [0.1, 0.15) is 0 Å². The first-order valence-electron chi connectivity index (χ1n) is 7.67. The van der Waals surface area contributed by atoms with Crippen LogP contribution in [0.5, 0.6) is 0 Å². The third-order valence-corrected chi connectivity index (χ3v) is 4.35. The third kappa shape index (κ3) is 4.08. The summed E-state index contributed by atoms with van der Waals surface area (Å²) in [6, 6.07) is 0. The summed E-state index contributed by atoms with van der Waals surface area (Å²) in [4.78, 5) is 43.9. The highest BCUT2D eigenvalue weighted by atomic mass is 16.3. The van der Waals surface area contributed by atoms with Crippen molar-refractivity contribution in [2.24, 2.45) is 11.8 Å². The van der Waals surface area contributed by atoms with E-state index in [1.54, 1.807) is 11.8 Å². The second kappa shape index (κ2) is 7.10. The summed E-state index contributed by atoms with van der Waals surface area (Å²) in [5.41, 5.74) is -0.403. The molecule has 2 heterocycles. The largest absolute Gasteiger partial charge is 0.396 e. The van der Waals surface area contributed by atoms with Crippen molar-refractivity contribution >= 4 is 5.91 Å². The van der Waals surface area contributed by atoms with Gasteiger partial charge >= 0.3 is 5.69 Å². The molecule has 2 atom stereocenters. The number of nitrogens with one attached hydrogen (secondary N) is 2. The number of hydrogen-bond donors (Lipinski definition) is 3. The molecule has 1 fully saturated rings. The van der Waals surface area contributed by atoms with E-state index in [1.807, 2.05) is 19.0 Å². The molecule has 0 aromatic carbocycles. The van der Waals surface area contributed by atoms with Gasteiger partial charge in [0, 0.05) is 43.4 Å². The van der Waals surface area contributed by atoms with Crippen molar-refractivity contribution in [1.29, 1.82) is 0 Å². The van der Waals surface area contributed by atoms with Crippen LogP contribution in [-0.2, 0) is 11.2 Å². The van der Waals surface area contributed by atoms with Crippen molar-refractivity contribution < 1.29 is 9.90 Å². The van der Waals surface area contributed by atoms with Crippen molar-refractivity contribution in [3.8, 4) is 0 Å². The van der Waals surface area contributed by atoms with Crippen LogP contribution in [0.2, 0.25) is 0 Å². The first-order valence-corrected chi connectivity index (χ1v) is 7.67. The zero-order chi connectivity index (χ0) is 17.1. The number of aromatic amines is 2. The highest BCUT2D eigenvalue weighted by Crippen LogP contribution is 2.24. The molecule has 8 nitrogen and oxygen atoms in total. The monoisotopic (exact) mass is 324 g/mol. The first-order chi connectivity index (χ1) is 10.8. The van der Waals surface area contributed by atoms with Gasteiger partial charge in [-0.15, -0.1) is 0 Å². The number of likely N-dealkylation sites (tertiary alicyclic amines) is 1. The van der Waals surface area contributed by atoms with Crippen LogP contribution in [0.25, 0.3) is 0 Å². The SMILES string of the molecule is Cc1[nH]c(=O)[nH]c(=O)c1CC(=O)N1C[C@@H](CN(C)C)[C@@H](CO)C1. The van der Waals surface area contributed by atoms with Gasteiger partial charge in [0.05, 0.1) is 6.42 Å². The zero-order valence-corrected chi connectivity index (χ0v) is 13.8. The quantitative estimate of drug-likeness (QED) is 0.613. The Labute approximate surface area is 134 Å². The fourth-order valence-electron chi connectivity index (χ4n) is 3.13. The molecule has 128 valence electrons. The van der Waals surface area contributed by atoms with Crippen LogP contribution in [0, 0.1) is 18.8 Å². The van der Waals surface area contributed by atoms with Gasteiger partial charge in [-0.2, -0.15) is 0 Å². The Balaban J connectivity index is 2.10. The van der Waals surface area contributed by atoms with E-state index in [2.05, 4.69) is 9.97 Å². The average Bonchev–Trinajstić information content (AvgIpc) is 2.84. The van der Waals surface area contributed by atoms with E-state index in [4.69, 9.17) is 0 Å². The van der Waals surface area contributed by atoms with Crippen molar-refractivity contribution in [2.75, 3.05) is 40.3 Å². The zero-order valence-electron chi connectivity index (χ0n) is 13.8. The van der Waals surface area contributed by atoms with Crippen LogP contribution in [-0.4, -0.2) is 71.1 Å². The lowest BCUT2D eigenvalue weighted by Gasteiger charge is -2.20. The maximum Gasteiger partial charge on any atom is 0.325 e. The normalized spacial score (nSPS) is 21.2. The molecule has 1 saturated heterocycles. The van der Waals surface area contributed by atoms with E-state index in [9.17, 15) is 19.5 Å². The van der Waals surface area contributed by atoms with Gasteiger partial charge in [-0.3, -0.25) is 14.6 Å². The predicted molar refractivity (Wildman–Crippen MR) is 85.3 cm³/mol. The number of H-pyrrole nitrogens is 2. The van der Waals surface area contributed by atoms with Gasteiger partial charge in [-0.05, 0) is 26.9 Å². The van der Waals surface area contributed by atoms with Crippen LogP contribution in [0.4, 0.5) is 0 Å². The number of hydrogen-bond acceptors (Lipinski definition) is 5. The molecular formula is C15H24N4O4. The number of carbonyl (C=O) groups excluding carboxylic acids is 1. The van der Waals surface area contributed by atoms with Crippen LogP contribution in [0.15, 0.2) is 9.59 Å². The molecule has 1 aliphatic rings. The summed E-state index contributed by atoms with van der Waals surface area (Å²) < 4.78 is 0. The molecule has 0 bridgehead atoms. The predicted octanol–water partition coefficient (Wildman–Crippen LogP) is -1.46. The number of amides is 1. The first kappa shape index (κ1) is 17.4. The van der Waals surface area contributed by atoms with Crippen LogP contribution in [0.1, 0.15) is 11.3 Å². The number of aryl methyl sites for hydroxylation is 1. The number of aliphatic hydroxyl groups is 1. The van der Waals surface area contributed by atoms with E-state index < -0.39 is 11.2 Å². The Morgan fingerprint density at radius 2 is 1.91 bits per heavy atom. The molecule has 0 aliphatic carbocycles. The number of aliphatic hydroxyl groups excluding tert-OH is 1. The molecule has 0 spiro atoms. The fourth-order valence-corrected chi connectivity index (χ4v) is 3.13. The second-order valence-electron chi connectivity index (χ2n) is 6.45. The summed E-state index contributed by atoms with van der Waals surface area (Å²) >= 11 is 0. The highest BCUT2D eigenvalue weighted by Gasteiger charge is 2.35. The minimum absolute atomic E-state index is 0.0422. The van der Waals surface area contributed by atoms with Gasteiger partial charge in [-0.1, -0.05) is 0 Å². The molecule has 1 aromatic rings. The van der Waals surface area contributed by atoms with Crippen molar-refractivity contribution in [1.82, 2.24) is 19.8 Å². The van der Waals surface area contributed by atoms with Crippen molar-refractivity contribution in [3.05, 3.63) is 32.1 Å². The van der Waals surface area contributed by atoms with Crippen molar-refractivity contribution in [2.45, 2.75) is 13.3 Å². The molecule has 1 amide bonds. The number of rotatable bonds is 5. The van der Waals surface area contributed by atoms with Crippen LogP contribution >= 0.6 is 0 Å². The van der Waals surface area contributed by atoms with Gasteiger partial charge in [-0.25, -0.2) is 4.79 Å². The Morgan fingerprint density at radius 3 is 2.48 bits per heavy atom. The molecule has 23 heavy (non-hydrogen) atoms. The lowest BCUT2D eigenvalue weighted by Crippen LogP contribution is -2.35. The average molecular weight is 324 g/mol. The Kier molecular flexibility index (Phi) is 5.38. The number of carbonyl (C=O) groups is 1. The summed E-state index contributed by atoms with van der Waals surface area (Å²) in [6.45, 7) is 3.51. The molecule has 1 aliphatic heterocycles. The lowest BCUT2D eigenvalue weighted by molar-refractivity contribution is -0.129. The molecular weight excluding hydrogens is 300 g/mol. The van der Waals surface area contributed by atoms with E-state index in [0.717, 1.165) is 6.54 Å². The van der Waals surface area contributed by atoms with Crippen LogP contribution < -0.4 is 11.2 Å². The summed E-state index contributed by atoms with van der Waals surface area (Å²) in [7, 11) is 3.92. The minimum atomic E-state index is -0.573. The van der Waals surface area contributed by atoms with E-state index >= 15 is 0 Å².